The summed E-state index contributed by atoms with van der Waals surface area (Å²) in [5.74, 6) is 1.20. The summed E-state index contributed by atoms with van der Waals surface area (Å²) in [6, 6.07) is 13.3. The first-order chi connectivity index (χ1) is 12.6. The van der Waals surface area contributed by atoms with Crippen molar-refractivity contribution in [3.63, 3.8) is 0 Å². The van der Waals surface area contributed by atoms with Gasteiger partial charge in [-0.1, -0.05) is 17.7 Å². The number of carbonyl (C=O) groups is 1. The van der Waals surface area contributed by atoms with E-state index >= 15 is 0 Å². The van der Waals surface area contributed by atoms with Crippen molar-refractivity contribution in [3.8, 4) is 0 Å². The van der Waals surface area contributed by atoms with Crippen LogP contribution >= 0.6 is 11.6 Å². The summed E-state index contributed by atoms with van der Waals surface area (Å²) >= 11 is 5.89. The predicted molar refractivity (Wildman–Crippen MR) is 105 cm³/mol. The second-order valence-corrected chi connectivity index (χ2v) is 7.30. The number of benzene rings is 2. The second-order valence-electron chi connectivity index (χ2n) is 6.86. The van der Waals surface area contributed by atoms with Gasteiger partial charge in [-0.2, -0.15) is 0 Å². The third-order valence-electron chi connectivity index (χ3n) is 4.85. The Bertz CT molecular complexity index is 935. The summed E-state index contributed by atoms with van der Waals surface area (Å²) in [5.41, 5.74) is 4.00. The molecule has 134 valence electrons. The lowest BCUT2D eigenvalue weighted by molar-refractivity contribution is 0.191. The molecular formula is C20H21ClN4O. The molecule has 0 saturated carbocycles. The summed E-state index contributed by atoms with van der Waals surface area (Å²) in [6.07, 6.45) is 2.00. The first kappa shape index (κ1) is 16.9. The van der Waals surface area contributed by atoms with Gasteiger partial charge in [-0.15, -0.1) is 0 Å². The van der Waals surface area contributed by atoms with Crippen LogP contribution in [-0.2, 0) is 0 Å². The van der Waals surface area contributed by atoms with E-state index in [9.17, 15) is 4.79 Å². The van der Waals surface area contributed by atoms with Gasteiger partial charge >= 0.3 is 6.03 Å². The SMILES string of the molecule is Cc1ccc2nc([C@@H]3CCCN(C(=O)Nc4ccc(Cl)cc4)C3)[nH]c2c1. The Kier molecular flexibility index (Phi) is 4.55. The van der Waals surface area contributed by atoms with E-state index in [4.69, 9.17) is 16.6 Å². The summed E-state index contributed by atoms with van der Waals surface area (Å²) < 4.78 is 0. The number of piperidine rings is 1. The minimum absolute atomic E-state index is 0.0796. The number of amides is 2. The number of likely N-dealkylation sites (tertiary alicyclic amines) is 1. The van der Waals surface area contributed by atoms with Gasteiger partial charge in [0, 0.05) is 29.7 Å². The molecule has 4 rings (SSSR count). The van der Waals surface area contributed by atoms with Gasteiger partial charge in [0.05, 0.1) is 11.0 Å². The van der Waals surface area contributed by atoms with Gasteiger partial charge in [-0.05, 0) is 61.7 Å². The minimum atomic E-state index is -0.0796. The number of aromatic nitrogens is 2. The molecule has 6 heteroatoms. The molecular weight excluding hydrogens is 348 g/mol. The molecule has 1 fully saturated rings. The molecule has 0 unspecified atom stereocenters. The van der Waals surface area contributed by atoms with Crippen LogP contribution < -0.4 is 5.32 Å². The Hall–Kier alpha value is -2.53. The normalized spacial score (nSPS) is 17.5. The number of halogens is 1. The number of H-pyrrole nitrogens is 1. The maximum atomic E-state index is 12.6. The van der Waals surface area contributed by atoms with Crippen LogP contribution in [-0.4, -0.2) is 34.0 Å². The van der Waals surface area contributed by atoms with Crippen molar-refractivity contribution in [3.05, 3.63) is 58.9 Å². The molecule has 0 spiro atoms. The first-order valence-electron chi connectivity index (χ1n) is 8.86. The number of hydrogen-bond acceptors (Lipinski definition) is 2. The van der Waals surface area contributed by atoms with Gasteiger partial charge < -0.3 is 15.2 Å². The fourth-order valence-corrected chi connectivity index (χ4v) is 3.58. The summed E-state index contributed by atoms with van der Waals surface area (Å²) in [5, 5.41) is 3.60. The molecule has 0 radical (unpaired) electrons. The number of imidazole rings is 1. The Balaban J connectivity index is 1.47. The van der Waals surface area contributed by atoms with Crippen molar-refractivity contribution in [2.75, 3.05) is 18.4 Å². The van der Waals surface area contributed by atoms with E-state index in [2.05, 4.69) is 29.4 Å². The highest BCUT2D eigenvalue weighted by Crippen LogP contribution is 2.27. The number of nitrogens with one attached hydrogen (secondary N) is 2. The van der Waals surface area contributed by atoms with Crippen LogP contribution in [0.3, 0.4) is 0 Å². The molecule has 26 heavy (non-hydrogen) atoms. The average Bonchev–Trinajstić information content (AvgIpc) is 3.07. The van der Waals surface area contributed by atoms with Crippen molar-refractivity contribution in [1.29, 1.82) is 0 Å². The lowest BCUT2D eigenvalue weighted by Crippen LogP contribution is -2.41. The maximum Gasteiger partial charge on any atom is 0.321 e. The van der Waals surface area contributed by atoms with Gasteiger partial charge in [-0.3, -0.25) is 0 Å². The molecule has 1 saturated heterocycles. The number of aromatic amines is 1. The Morgan fingerprint density at radius 1 is 1.27 bits per heavy atom. The summed E-state index contributed by atoms with van der Waals surface area (Å²) in [4.78, 5) is 22.6. The molecule has 0 bridgehead atoms. The second kappa shape index (κ2) is 7.00. The minimum Gasteiger partial charge on any atom is -0.342 e. The molecule has 1 atom stereocenters. The van der Waals surface area contributed by atoms with Crippen LogP contribution in [0.1, 0.15) is 30.1 Å². The maximum absolute atomic E-state index is 12.6. The zero-order valence-electron chi connectivity index (χ0n) is 14.6. The van der Waals surface area contributed by atoms with Crippen LogP contribution in [0.15, 0.2) is 42.5 Å². The highest BCUT2D eigenvalue weighted by atomic mass is 35.5. The molecule has 5 nitrogen and oxygen atoms in total. The van der Waals surface area contributed by atoms with Crippen LogP contribution in [0.2, 0.25) is 5.02 Å². The number of rotatable bonds is 2. The summed E-state index contributed by atoms with van der Waals surface area (Å²) in [7, 11) is 0. The Morgan fingerprint density at radius 2 is 2.08 bits per heavy atom. The third-order valence-corrected chi connectivity index (χ3v) is 5.10. The number of fused-ring (bicyclic) bond motifs is 1. The van der Waals surface area contributed by atoms with Crippen LogP contribution in [0, 0.1) is 6.92 Å². The van der Waals surface area contributed by atoms with Gasteiger partial charge in [0.15, 0.2) is 0 Å². The lowest BCUT2D eigenvalue weighted by atomic mass is 9.97. The topological polar surface area (TPSA) is 61.0 Å². The average molecular weight is 369 g/mol. The van der Waals surface area contributed by atoms with Crippen molar-refractivity contribution in [2.45, 2.75) is 25.7 Å². The number of hydrogen-bond donors (Lipinski definition) is 2. The fourth-order valence-electron chi connectivity index (χ4n) is 3.46. The van der Waals surface area contributed by atoms with E-state index in [1.54, 1.807) is 12.1 Å². The molecule has 1 aliphatic heterocycles. The highest BCUT2D eigenvalue weighted by Gasteiger charge is 2.26. The van der Waals surface area contributed by atoms with Crippen molar-refractivity contribution >= 4 is 34.4 Å². The molecule has 1 aliphatic rings. The fraction of sp³-hybridized carbons (Fsp3) is 0.300. The number of urea groups is 1. The smallest absolute Gasteiger partial charge is 0.321 e. The predicted octanol–water partition coefficient (Wildman–Crippen LogP) is 4.94. The zero-order valence-corrected chi connectivity index (χ0v) is 15.4. The van der Waals surface area contributed by atoms with Crippen LogP contribution in [0.25, 0.3) is 11.0 Å². The number of nitrogens with zero attached hydrogens (tertiary/aromatic N) is 2. The monoisotopic (exact) mass is 368 g/mol. The number of aryl methyl sites for hydroxylation is 1. The zero-order chi connectivity index (χ0) is 18.1. The van der Waals surface area contributed by atoms with E-state index in [1.165, 1.54) is 5.56 Å². The lowest BCUT2D eigenvalue weighted by Gasteiger charge is -2.31. The van der Waals surface area contributed by atoms with E-state index in [-0.39, 0.29) is 11.9 Å². The van der Waals surface area contributed by atoms with Crippen molar-refractivity contribution < 1.29 is 4.79 Å². The molecule has 2 amide bonds. The van der Waals surface area contributed by atoms with E-state index in [0.29, 0.717) is 11.6 Å². The molecule has 3 aromatic rings. The molecule has 0 aliphatic carbocycles. The van der Waals surface area contributed by atoms with Gasteiger partial charge in [-0.25, -0.2) is 9.78 Å². The highest BCUT2D eigenvalue weighted by molar-refractivity contribution is 6.30. The van der Waals surface area contributed by atoms with E-state index in [1.807, 2.05) is 23.1 Å². The standard InChI is InChI=1S/C20H21ClN4O/c1-13-4-9-17-18(11-13)24-19(23-17)14-3-2-10-25(12-14)20(26)22-16-7-5-15(21)6-8-16/h4-9,11,14H,2-3,10,12H2,1H3,(H,22,26)(H,23,24)/t14-/m1/s1. The van der Waals surface area contributed by atoms with Crippen molar-refractivity contribution in [2.24, 2.45) is 0 Å². The molecule has 2 aromatic carbocycles. The van der Waals surface area contributed by atoms with Gasteiger partial charge in [0.25, 0.3) is 0 Å². The summed E-state index contributed by atoms with van der Waals surface area (Å²) in [6.45, 7) is 3.50. The molecule has 2 heterocycles. The number of anilines is 1. The van der Waals surface area contributed by atoms with E-state index < -0.39 is 0 Å². The third kappa shape index (κ3) is 3.53. The van der Waals surface area contributed by atoms with E-state index in [0.717, 1.165) is 41.9 Å². The van der Waals surface area contributed by atoms with Crippen LogP contribution in [0.5, 0.6) is 0 Å². The van der Waals surface area contributed by atoms with Crippen LogP contribution in [0.4, 0.5) is 10.5 Å². The Morgan fingerprint density at radius 3 is 2.88 bits per heavy atom. The largest absolute Gasteiger partial charge is 0.342 e. The number of carbonyl (C=O) groups excluding carboxylic acids is 1. The quantitative estimate of drug-likeness (QED) is 0.673. The van der Waals surface area contributed by atoms with Crippen molar-refractivity contribution in [1.82, 2.24) is 14.9 Å². The first-order valence-corrected chi connectivity index (χ1v) is 9.24. The van der Waals surface area contributed by atoms with Gasteiger partial charge in [0.2, 0.25) is 0 Å². The Labute approximate surface area is 157 Å². The molecule has 1 aromatic heterocycles. The molecule has 2 N–H and O–H groups in total. The van der Waals surface area contributed by atoms with Gasteiger partial charge in [0.1, 0.15) is 5.82 Å².